The third kappa shape index (κ3) is 2.01. The average Bonchev–Trinajstić information content (AvgIpc) is 2.93. The topological polar surface area (TPSA) is 67.1 Å². The van der Waals surface area contributed by atoms with Gasteiger partial charge in [0.1, 0.15) is 5.70 Å². The van der Waals surface area contributed by atoms with Gasteiger partial charge in [-0.3, -0.25) is 0 Å². The van der Waals surface area contributed by atoms with Crippen LogP contribution in [0.5, 0.6) is 0 Å². The number of nitrogens with zero attached hydrogens (tertiary/aromatic N) is 2. The summed E-state index contributed by atoms with van der Waals surface area (Å²) in [6, 6.07) is 7.97. The lowest BCUT2D eigenvalue weighted by molar-refractivity contribution is -0.132. The van der Waals surface area contributed by atoms with Crippen LogP contribution in [-0.4, -0.2) is 20.6 Å². The van der Waals surface area contributed by atoms with Crippen LogP contribution < -0.4 is 5.32 Å². The predicted octanol–water partition coefficient (Wildman–Crippen LogP) is 3.33. The van der Waals surface area contributed by atoms with Gasteiger partial charge in [-0.05, 0) is 43.4 Å². The first kappa shape index (κ1) is 13.1. The number of hydrogen-bond acceptors (Lipinski definition) is 3. The molecule has 2 atom stereocenters. The quantitative estimate of drug-likeness (QED) is 0.834. The standard InChI is InChI=1S/C17H17N3O2/c21-16(22)13-10-15(11-6-2-1-3-7-11)20-14-9-5-4-8-12(14)18-17(20)19-13/h1-2,4-5,8-11,15H,3,6-7H2,(H,18,19)(H,21,22)/t11-,15-/m0/s1. The van der Waals surface area contributed by atoms with Gasteiger partial charge in [-0.2, -0.15) is 0 Å². The van der Waals surface area contributed by atoms with E-state index in [1.54, 1.807) is 0 Å². The van der Waals surface area contributed by atoms with E-state index in [2.05, 4.69) is 27.0 Å². The zero-order valence-electron chi connectivity index (χ0n) is 12.1. The predicted molar refractivity (Wildman–Crippen MR) is 84.6 cm³/mol. The number of anilines is 1. The summed E-state index contributed by atoms with van der Waals surface area (Å²) in [4.78, 5) is 16.0. The number of benzene rings is 1. The molecular weight excluding hydrogens is 278 g/mol. The van der Waals surface area contributed by atoms with E-state index >= 15 is 0 Å². The molecule has 0 amide bonds. The number of imidazole rings is 1. The van der Waals surface area contributed by atoms with Gasteiger partial charge in [-0.15, -0.1) is 0 Å². The van der Waals surface area contributed by atoms with Crippen LogP contribution in [0.1, 0.15) is 25.3 Å². The van der Waals surface area contributed by atoms with E-state index < -0.39 is 5.97 Å². The molecule has 1 aliphatic heterocycles. The number of carboxylic acids is 1. The Morgan fingerprint density at radius 2 is 2.18 bits per heavy atom. The molecule has 112 valence electrons. The van der Waals surface area contributed by atoms with E-state index in [1.807, 2.05) is 30.3 Å². The van der Waals surface area contributed by atoms with Crippen LogP contribution in [0.4, 0.5) is 5.95 Å². The van der Waals surface area contributed by atoms with E-state index in [4.69, 9.17) is 0 Å². The zero-order valence-corrected chi connectivity index (χ0v) is 12.1. The van der Waals surface area contributed by atoms with E-state index in [9.17, 15) is 9.90 Å². The minimum atomic E-state index is -0.936. The van der Waals surface area contributed by atoms with Gasteiger partial charge in [-0.1, -0.05) is 24.3 Å². The summed E-state index contributed by atoms with van der Waals surface area (Å²) in [5.74, 6) is 0.0908. The van der Waals surface area contributed by atoms with E-state index in [-0.39, 0.29) is 11.7 Å². The van der Waals surface area contributed by atoms with Gasteiger partial charge in [0.05, 0.1) is 17.1 Å². The molecule has 2 heterocycles. The van der Waals surface area contributed by atoms with Crippen LogP contribution in [-0.2, 0) is 4.79 Å². The van der Waals surface area contributed by atoms with Gasteiger partial charge in [0.25, 0.3) is 0 Å². The van der Waals surface area contributed by atoms with E-state index in [0.29, 0.717) is 11.9 Å². The summed E-state index contributed by atoms with van der Waals surface area (Å²) in [6.07, 6.45) is 9.33. The summed E-state index contributed by atoms with van der Waals surface area (Å²) < 4.78 is 2.14. The van der Waals surface area contributed by atoms with Crippen LogP contribution in [0.3, 0.4) is 0 Å². The van der Waals surface area contributed by atoms with E-state index in [0.717, 1.165) is 30.3 Å². The minimum Gasteiger partial charge on any atom is -0.477 e. The van der Waals surface area contributed by atoms with Crippen molar-refractivity contribution in [2.75, 3.05) is 5.32 Å². The van der Waals surface area contributed by atoms with Gasteiger partial charge in [0.15, 0.2) is 0 Å². The van der Waals surface area contributed by atoms with Crippen molar-refractivity contribution in [1.82, 2.24) is 9.55 Å². The lowest BCUT2D eigenvalue weighted by Crippen LogP contribution is -2.27. The van der Waals surface area contributed by atoms with Crippen molar-refractivity contribution >= 4 is 23.0 Å². The van der Waals surface area contributed by atoms with Crippen molar-refractivity contribution in [2.45, 2.75) is 25.3 Å². The van der Waals surface area contributed by atoms with Gasteiger partial charge in [0, 0.05) is 0 Å². The number of carbonyl (C=O) groups is 1. The molecule has 0 fully saturated rings. The Morgan fingerprint density at radius 1 is 1.32 bits per heavy atom. The van der Waals surface area contributed by atoms with Crippen LogP contribution in [0.15, 0.2) is 48.2 Å². The number of aliphatic carboxylic acids is 1. The molecule has 2 aromatic rings. The molecule has 0 saturated heterocycles. The molecule has 0 bridgehead atoms. The molecule has 1 aromatic heterocycles. The molecule has 2 N–H and O–H groups in total. The third-order valence-electron chi connectivity index (χ3n) is 4.50. The first-order valence-corrected chi connectivity index (χ1v) is 7.58. The summed E-state index contributed by atoms with van der Waals surface area (Å²) in [5, 5.41) is 12.3. The Labute approximate surface area is 128 Å². The second-order valence-corrected chi connectivity index (χ2v) is 5.84. The highest BCUT2D eigenvalue weighted by atomic mass is 16.4. The first-order valence-electron chi connectivity index (χ1n) is 7.58. The highest BCUT2D eigenvalue weighted by Crippen LogP contribution is 2.38. The monoisotopic (exact) mass is 295 g/mol. The number of allylic oxidation sites excluding steroid dienone is 3. The van der Waals surface area contributed by atoms with Crippen LogP contribution >= 0.6 is 0 Å². The van der Waals surface area contributed by atoms with Crippen molar-refractivity contribution in [3.8, 4) is 0 Å². The molecule has 5 nitrogen and oxygen atoms in total. The number of hydrogen-bond donors (Lipinski definition) is 2. The number of carboxylic acid groups (broad SMARTS) is 1. The van der Waals surface area contributed by atoms with Crippen LogP contribution in [0.25, 0.3) is 11.0 Å². The van der Waals surface area contributed by atoms with Crippen molar-refractivity contribution in [3.63, 3.8) is 0 Å². The lowest BCUT2D eigenvalue weighted by Gasteiger charge is -2.31. The number of para-hydroxylation sites is 2. The van der Waals surface area contributed by atoms with Crippen molar-refractivity contribution < 1.29 is 9.90 Å². The van der Waals surface area contributed by atoms with Gasteiger partial charge < -0.3 is 15.0 Å². The summed E-state index contributed by atoms with van der Waals surface area (Å²) in [7, 11) is 0. The second-order valence-electron chi connectivity index (χ2n) is 5.84. The van der Waals surface area contributed by atoms with Crippen LogP contribution in [0, 0.1) is 5.92 Å². The Morgan fingerprint density at radius 3 is 2.95 bits per heavy atom. The molecule has 4 rings (SSSR count). The highest BCUT2D eigenvalue weighted by molar-refractivity contribution is 5.91. The minimum absolute atomic E-state index is 0.0275. The molecular formula is C17H17N3O2. The summed E-state index contributed by atoms with van der Waals surface area (Å²) in [6.45, 7) is 0. The van der Waals surface area contributed by atoms with E-state index in [1.165, 1.54) is 0 Å². The first-order chi connectivity index (χ1) is 10.7. The third-order valence-corrected chi connectivity index (χ3v) is 4.50. The SMILES string of the molecule is O=C(O)C1=C[C@@H]([C@H]2CC=CCC2)n2c(nc3ccccc32)N1. The molecule has 0 spiro atoms. The molecule has 22 heavy (non-hydrogen) atoms. The molecule has 0 saturated carbocycles. The molecule has 0 unspecified atom stereocenters. The Bertz CT molecular complexity index is 803. The van der Waals surface area contributed by atoms with Gasteiger partial charge in [0.2, 0.25) is 5.95 Å². The lowest BCUT2D eigenvalue weighted by atomic mass is 9.86. The fourth-order valence-corrected chi connectivity index (χ4v) is 3.44. The number of aromatic nitrogens is 2. The highest BCUT2D eigenvalue weighted by Gasteiger charge is 2.31. The number of rotatable bonds is 2. The second kappa shape index (κ2) is 5.02. The Kier molecular flexibility index (Phi) is 2.99. The maximum Gasteiger partial charge on any atom is 0.352 e. The average molecular weight is 295 g/mol. The zero-order chi connectivity index (χ0) is 15.1. The smallest absolute Gasteiger partial charge is 0.352 e. The summed E-state index contributed by atoms with van der Waals surface area (Å²) >= 11 is 0. The largest absolute Gasteiger partial charge is 0.477 e. The van der Waals surface area contributed by atoms with Crippen molar-refractivity contribution in [1.29, 1.82) is 0 Å². The summed E-state index contributed by atoms with van der Waals surface area (Å²) in [5.41, 5.74) is 2.16. The fraction of sp³-hybridized carbons (Fsp3) is 0.294. The van der Waals surface area contributed by atoms with Crippen molar-refractivity contribution in [3.05, 3.63) is 48.2 Å². The Hall–Kier alpha value is -2.56. The normalized spacial score (nSPS) is 23.7. The maximum absolute atomic E-state index is 11.4. The fourth-order valence-electron chi connectivity index (χ4n) is 3.44. The van der Waals surface area contributed by atoms with Crippen molar-refractivity contribution in [2.24, 2.45) is 5.92 Å². The molecule has 5 heteroatoms. The molecule has 0 radical (unpaired) electrons. The van der Waals surface area contributed by atoms with Gasteiger partial charge in [-0.25, -0.2) is 9.78 Å². The van der Waals surface area contributed by atoms with Crippen LogP contribution in [0.2, 0.25) is 0 Å². The number of fused-ring (bicyclic) bond motifs is 3. The molecule has 2 aliphatic rings. The molecule has 1 aliphatic carbocycles. The number of nitrogens with one attached hydrogen (secondary N) is 1. The van der Waals surface area contributed by atoms with Gasteiger partial charge >= 0.3 is 5.97 Å². The Balaban J connectivity index is 1.87. The molecule has 1 aromatic carbocycles. The maximum atomic E-state index is 11.4.